The molecule has 1 aliphatic heterocycles. The Kier molecular flexibility index (Phi) is 6.93. The number of halogens is 2. The van der Waals surface area contributed by atoms with E-state index in [4.69, 9.17) is 9.47 Å². The fourth-order valence-corrected chi connectivity index (χ4v) is 3.91. The smallest absolute Gasteiger partial charge is 0.340 e. The molecule has 1 fully saturated rings. The minimum Gasteiger partial charge on any atom is -0.465 e. The maximum absolute atomic E-state index is 12.7. The van der Waals surface area contributed by atoms with Crippen LogP contribution in [0.5, 0.6) is 0 Å². The van der Waals surface area contributed by atoms with Gasteiger partial charge in [0, 0.05) is 25.9 Å². The number of carbonyl (C=O) groups excluding carboxylic acids is 2. The number of amides is 1. The van der Waals surface area contributed by atoms with Crippen LogP contribution < -0.4 is 10.2 Å². The van der Waals surface area contributed by atoms with Gasteiger partial charge in [-0.2, -0.15) is 0 Å². The van der Waals surface area contributed by atoms with E-state index in [0.717, 1.165) is 12.8 Å². The van der Waals surface area contributed by atoms with Crippen molar-refractivity contribution in [1.82, 2.24) is 0 Å². The quantitative estimate of drug-likeness (QED) is 0.433. The zero-order valence-electron chi connectivity index (χ0n) is 14.6. The Bertz CT molecular complexity index is 867. The molecule has 0 saturated carbocycles. The molecule has 1 saturated heterocycles. The molecule has 2 aromatic carbocycles. The number of rotatable bonds is 4. The highest BCUT2D eigenvalue weighted by Gasteiger charge is 2.21. The second-order valence-electron chi connectivity index (χ2n) is 5.90. The lowest BCUT2D eigenvalue weighted by Crippen LogP contribution is -2.37. The van der Waals surface area contributed by atoms with Gasteiger partial charge in [-0.05, 0) is 81.6 Å². The van der Waals surface area contributed by atoms with Gasteiger partial charge >= 0.3 is 5.97 Å². The van der Waals surface area contributed by atoms with Crippen LogP contribution in [0.15, 0.2) is 36.4 Å². The molecule has 1 amide bonds. The number of ether oxygens (including phenoxy) is 2. The Labute approximate surface area is 184 Å². The van der Waals surface area contributed by atoms with Crippen LogP contribution in [0.2, 0.25) is 0 Å². The molecule has 1 aliphatic rings. The van der Waals surface area contributed by atoms with Crippen LogP contribution >= 0.6 is 45.2 Å². The lowest BCUT2D eigenvalue weighted by atomic mass is 10.1. The average Bonchev–Trinajstić information content (AvgIpc) is 2.69. The maximum Gasteiger partial charge on any atom is 0.340 e. The van der Waals surface area contributed by atoms with E-state index in [2.05, 4.69) is 55.4 Å². The van der Waals surface area contributed by atoms with E-state index in [0.29, 0.717) is 43.1 Å². The van der Waals surface area contributed by atoms with Gasteiger partial charge in [0.25, 0.3) is 5.91 Å². The number of esters is 1. The Morgan fingerprint density at radius 1 is 1.07 bits per heavy atom. The fraction of sp³-hybridized carbons (Fsp3) is 0.263. The molecule has 1 N–H and O–H groups in total. The molecule has 3 rings (SSSR count). The van der Waals surface area contributed by atoms with Crippen LogP contribution in [0.4, 0.5) is 11.4 Å². The Hall–Kier alpha value is -1.40. The minimum absolute atomic E-state index is 0.215. The molecule has 0 aliphatic carbocycles. The number of benzene rings is 2. The first-order valence-corrected chi connectivity index (χ1v) is 10.5. The maximum atomic E-state index is 12.7. The normalized spacial score (nSPS) is 14.0. The predicted molar refractivity (Wildman–Crippen MR) is 121 cm³/mol. The van der Waals surface area contributed by atoms with Crippen molar-refractivity contribution < 1.29 is 19.1 Å². The van der Waals surface area contributed by atoms with Gasteiger partial charge in [0.2, 0.25) is 0 Å². The summed E-state index contributed by atoms with van der Waals surface area (Å²) in [4.78, 5) is 27.0. The van der Waals surface area contributed by atoms with Gasteiger partial charge in [-0.15, -0.1) is 0 Å². The fourth-order valence-electron chi connectivity index (χ4n) is 2.84. The summed E-state index contributed by atoms with van der Waals surface area (Å²) in [5.74, 6) is -0.649. The molecule has 0 radical (unpaired) electrons. The first-order chi connectivity index (χ1) is 13.0. The van der Waals surface area contributed by atoms with Crippen LogP contribution in [0.3, 0.4) is 0 Å². The van der Waals surface area contributed by atoms with Crippen LogP contribution in [-0.4, -0.2) is 45.3 Å². The summed E-state index contributed by atoms with van der Waals surface area (Å²) < 4.78 is 12.2. The molecule has 2 aromatic rings. The second-order valence-corrected chi connectivity index (χ2v) is 8.31. The summed E-state index contributed by atoms with van der Waals surface area (Å²) in [6.45, 7) is 2.64. The number of carbonyl (C=O) groups is 2. The zero-order valence-corrected chi connectivity index (χ0v) is 18.9. The van der Waals surface area contributed by atoms with E-state index >= 15 is 0 Å². The number of methoxy groups -OCH3 is 1. The second kappa shape index (κ2) is 9.20. The molecular weight excluding hydrogens is 574 g/mol. The highest BCUT2D eigenvalue weighted by atomic mass is 127. The molecule has 1 heterocycles. The number of hydrogen-bond acceptors (Lipinski definition) is 5. The largest absolute Gasteiger partial charge is 0.465 e. The number of hydrogen-bond donors (Lipinski definition) is 1. The summed E-state index contributed by atoms with van der Waals surface area (Å²) in [5.41, 5.74) is 2.35. The zero-order chi connectivity index (χ0) is 19.4. The van der Waals surface area contributed by atoms with Gasteiger partial charge in [-0.3, -0.25) is 4.79 Å². The van der Waals surface area contributed by atoms with Crippen molar-refractivity contribution in [2.45, 2.75) is 0 Å². The van der Waals surface area contributed by atoms with Crippen LogP contribution in [0, 0.1) is 7.14 Å². The summed E-state index contributed by atoms with van der Waals surface area (Å²) in [5, 5.41) is 2.88. The highest BCUT2D eigenvalue weighted by Crippen LogP contribution is 2.27. The molecule has 0 bridgehead atoms. The topological polar surface area (TPSA) is 67.9 Å². The summed E-state index contributed by atoms with van der Waals surface area (Å²) >= 11 is 4.31. The Morgan fingerprint density at radius 3 is 2.52 bits per heavy atom. The molecule has 0 aromatic heterocycles. The van der Waals surface area contributed by atoms with Gasteiger partial charge in [0.1, 0.15) is 0 Å². The van der Waals surface area contributed by atoms with E-state index < -0.39 is 5.97 Å². The van der Waals surface area contributed by atoms with E-state index in [1.807, 2.05) is 24.3 Å². The van der Waals surface area contributed by atoms with Gasteiger partial charge in [0.05, 0.1) is 37.1 Å². The van der Waals surface area contributed by atoms with Crippen molar-refractivity contribution in [2.75, 3.05) is 43.6 Å². The predicted octanol–water partition coefficient (Wildman–Crippen LogP) is 3.77. The summed E-state index contributed by atoms with van der Waals surface area (Å²) in [7, 11) is 1.35. The van der Waals surface area contributed by atoms with E-state index in [-0.39, 0.29) is 5.91 Å². The van der Waals surface area contributed by atoms with Crippen LogP contribution in [0.1, 0.15) is 20.7 Å². The number of nitrogens with one attached hydrogen (secondary N) is 1. The number of morpholine rings is 1. The van der Waals surface area contributed by atoms with Crippen molar-refractivity contribution in [1.29, 1.82) is 0 Å². The van der Waals surface area contributed by atoms with E-state index in [1.165, 1.54) is 7.11 Å². The molecule has 142 valence electrons. The van der Waals surface area contributed by atoms with Crippen LogP contribution in [-0.2, 0) is 9.47 Å². The lowest BCUT2D eigenvalue weighted by Gasteiger charge is -2.30. The van der Waals surface area contributed by atoms with Crippen molar-refractivity contribution in [3.63, 3.8) is 0 Å². The van der Waals surface area contributed by atoms with Gasteiger partial charge in [0.15, 0.2) is 0 Å². The van der Waals surface area contributed by atoms with Crippen molar-refractivity contribution >= 4 is 68.4 Å². The van der Waals surface area contributed by atoms with Gasteiger partial charge in [-0.1, -0.05) is 0 Å². The van der Waals surface area contributed by atoms with Gasteiger partial charge < -0.3 is 19.7 Å². The molecule has 27 heavy (non-hydrogen) atoms. The molecule has 0 atom stereocenters. The van der Waals surface area contributed by atoms with E-state index in [9.17, 15) is 9.59 Å². The monoisotopic (exact) mass is 592 g/mol. The third-order valence-electron chi connectivity index (χ3n) is 4.18. The molecule has 8 heteroatoms. The minimum atomic E-state index is -0.434. The summed E-state index contributed by atoms with van der Waals surface area (Å²) in [6.07, 6.45) is 0. The SMILES string of the molecule is COC(=O)c1cc(NC(=O)c2cc(I)ccc2I)ccc1N1CCOCC1. The first kappa shape index (κ1) is 20.3. The molecule has 6 nitrogen and oxygen atoms in total. The average molecular weight is 592 g/mol. The van der Waals surface area contributed by atoms with Crippen molar-refractivity contribution in [3.05, 3.63) is 54.7 Å². The van der Waals surface area contributed by atoms with Gasteiger partial charge in [-0.25, -0.2) is 4.79 Å². The number of nitrogens with zero attached hydrogens (tertiary/aromatic N) is 1. The van der Waals surface area contributed by atoms with Crippen molar-refractivity contribution in [2.24, 2.45) is 0 Å². The van der Waals surface area contributed by atoms with Crippen LogP contribution in [0.25, 0.3) is 0 Å². The molecule has 0 spiro atoms. The van der Waals surface area contributed by atoms with Crippen molar-refractivity contribution in [3.8, 4) is 0 Å². The highest BCUT2D eigenvalue weighted by molar-refractivity contribution is 14.1. The summed E-state index contributed by atoms with van der Waals surface area (Å²) in [6, 6.07) is 11.0. The lowest BCUT2D eigenvalue weighted by molar-refractivity contribution is 0.0600. The third kappa shape index (κ3) is 4.91. The standard InChI is InChI=1S/C19H18I2N2O4/c1-26-19(25)15-11-13(3-5-17(15)23-6-8-27-9-7-23)22-18(24)14-10-12(20)2-4-16(14)21/h2-5,10-11H,6-9H2,1H3,(H,22,24). The Morgan fingerprint density at radius 2 is 1.81 bits per heavy atom. The molecular formula is C19H18I2N2O4. The first-order valence-electron chi connectivity index (χ1n) is 8.31. The third-order valence-corrected chi connectivity index (χ3v) is 5.80. The number of anilines is 2. The molecule has 0 unspecified atom stereocenters. The Balaban J connectivity index is 1.88. The van der Waals surface area contributed by atoms with E-state index in [1.54, 1.807) is 12.1 Å².